The van der Waals surface area contributed by atoms with Crippen LogP contribution >= 0.6 is 0 Å². The first-order valence-electron chi connectivity index (χ1n) is 9.19. The molecule has 0 aliphatic carbocycles. The van der Waals surface area contributed by atoms with Gasteiger partial charge >= 0.3 is 6.09 Å². The van der Waals surface area contributed by atoms with E-state index in [2.05, 4.69) is 15.2 Å². The van der Waals surface area contributed by atoms with Crippen LogP contribution in [-0.2, 0) is 4.74 Å². The van der Waals surface area contributed by atoms with Gasteiger partial charge in [-0.2, -0.15) is 0 Å². The molecule has 0 bridgehead atoms. The third kappa shape index (κ3) is 4.70. The van der Waals surface area contributed by atoms with Crippen molar-refractivity contribution in [2.75, 3.05) is 50.1 Å². The molecule has 8 heteroatoms. The molecule has 1 aromatic heterocycles. The number of carbonyl (C=O) groups is 2. The first-order chi connectivity index (χ1) is 13.6. The monoisotopic (exact) mass is 384 g/mol. The number of hydrogen-bond donors (Lipinski definition) is 1. The highest BCUT2D eigenvalue weighted by Crippen LogP contribution is 2.19. The molecule has 2 amide bonds. The summed E-state index contributed by atoms with van der Waals surface area (Å²) in [7, 11) is 1.59. The molecule has 1 aliphatic heterocycles. The van der Waals surface area contributed by atoms with Crippen LogP contribution in [-0.4, -0.2) is 61.8 Å². The van der Waals surface area contributed by atoms with Crippen LogP contribution in [0.1, 0.15) is 17.4 Å². The van der Waals surface area contributed by atoms with Gasteiger partial charge in [-0.05, 0) is 43.3 Å². The van der Waals surface area contributed by atoms with E-state index in [0.717, 1.165) is 11.4 Å². The van der Waals surface area contributed by atoms with Gasteiger partial charge in [0.05, 0.1) is 13.7 Å². The largest absolute Gasteiger partial charge is 0.497 e. The molecule has 0 spiro atoms. The summed E-state index contributed by atoms with van der Waals surface area (Å²) >= 11 is 0. The Morgan fingerprint density at radius 1 is 1.11 bits per heavy atom. The minimum Gasteiger partial charge on any atom is -0.497 e. The average molecular weight is 384 g/mol. The lowest BCUT2D eigenvalue weighted by Crippen LogP contribution is -2.49. The van der Waals surface area contributed by atoms with Gasteiger partial charge in [0.1, 0.15) is 11.4 Å². The summed E-state index contributed by atoms with van der Waals surface area (Å²) in [5.41, 5.74) is 1.90. The molecule has 148 valence electrons. The van der Waals surface area contributed by atoms with E-state index in [0.29, 0.717) is 44.2 Å². The van der Waals surface area contributed by atoms with Crippen molar-refractivity contribution in [3.63, 3.8) is 0 Å². The summed E-state index contributed by atoms with van der Waals surface area (Å²) < 4.78 is 10.2. The third-order valence-corrected chi connectivity index (χ3v) is 4.49. The number of rotatable bonds is 5. The molecular weight excluding hydrogens is 360 g/mol. The molecule has 1 aromatic carbocycles. The molecule has 0 unspecified atom stereocenters. The van der Waals surface area contributed by atoms with Gasteiger partial charge < -0.3 is 24.6 Å². The molecule has 3 rings (SSSR count). The molecule has 1 N–H and O–H groups in total. The second-order valence-corrected chi connectivity index (χ2v) is 6.25. The van der Waals surface area contributed by atoms with E-state index in [9.17, 15) is 9.59 Å². The number of aromatic nitrogens is 1. The van der Waals surface area contributed by atoms with Gasteiger partial charge in [0, 0.05) is 43.8 Å². The van der Waals surface area contributed by atoms with E-state index in [-0.39, 0.29) is 12.0 Å². The molecule has 8 nitrogen and oxygen atoms in total. The van der Waals surface area contributed by atoms with E-state index < -0.39 is 0 Å². The van der Waals surface area contributed by atoms with Crippen LogP contribution in [0.2, 0.25) is 0 Å². The van der Waals surface area contributed by atoms with Crippen molar-refractivity contribution in [3.8, 4) is 5.75 Å². The molecule has 0 atom stereocenters. The molecular formula is C20H24N4O4. The smallest absolute Gasteiger partial charge is 0.409 e. The Hall–Kier alpha value is -3.29. The van der Waals surface area contributed by atoms with Crippen LogP contribution in [0, 0.1) is 0 Å². The van der Waals surface area contributed by atoms with Crippen LogP contribution in [0.3, 0.4) is 0 Å². The van der Waals surface area contributed by atoms with Gasteiger partial charge in [0.2, 0.25) is 0 Å². The van der Waals surface area contributed by atoms with Gasteiger partial charge in [-0.15, -0.1) is 0 Å². The summed E-state index contributed by atoms with van der Waals surface area (Å²) in [5.74, 6) is 0.442. The summed E-state index contributed by atoms with van der Waals surface area (Å²) in [6, 6.07) is 10.7. The number of ether oxygens (including phenoxy) is 2. The fourth-order valence-corrected chi connectivity index (χ4v) is 2.97. The van der Waals surface area contributed by atoms with Crippen molar-refractivity contribution in [1.82, 2.24) is 9.88 Å². The second kappa shape index (κ2) is 9.07. The van der Waals surface area contributed by atoms with Crippen molar-refractivity contribution in [3.05, 3.63) is 48.3 Å². The normalized spacial score (nSPS) is 13.8. The number of nitrogens with zero attached hydrogens (tertiary/aromatic N) is 3. The van der Waals surface area contributed by atoms with E-state index in [1.54, 1.807) is 55.5 Å². The minimum absolute atomic E-state index is 0.280. The number of methoxy groups -OCH3 is 1. The number of amides is 2. The maximum absolute atomic E-state index is 12.5. The van der Waals surface area contributed by atoms with Crippen LogP contribution in [0.4, 0.5) is 16.2 Å². The Bertz CT molecular complexity index is 817. The number of pyridine rings is 1. The lowest BCUT2D eigenvalue weighted by molar-refractivity contribution is 0.102. The van der Waals surface area contributed by atoms with Crippen molar-refractivity contribution in [2.45, 2.75) is 6.92 Å². The predicted octanol–water partition coefficient (Wildman–Crippen LogP) is 2.62. The number of piperazine rings is 1. The zero-order chi connectivity index (χ0) is 19.9. The Kier molecular flexibility index (Phi) is 6.31. The summed E-state index contributed by atoms with van der Waals surface area (Å²) in [5, 5.41) is 2.83. The highest BCUT2D eigenvalue weighted by molar-refractivity contribution is 6.03. The van der Waals surface area contributed by atoms with Gasteiger partial charge in [0.15, 0.2) is 0 Å². The maximum Gasteiger partial charge on any atom is 0.409 e. The number of nitrogens with one attached hydrogen (secondary N) is 1. The Morgan fingerprint density at radius 2 is 1.82 bits per heavy atom. The fraction of sp³-hybridized carbons (Fsp3) is 0.350. The molecule has 28 heavy (non-hydrogen) atoms. The lowest BCUT2D eigenvalue weighted by Gasteiger charge is -2.35. The maximum atomic E-state index is 12.5. The van der Waals surface area contributed by atoms with Gasteiger partial charge in [-0.25, -0.2) is 4.79 Å². The standard InChI is InChI=1S/C20H24N4O4/c1-3-28-20(26)24-12-10-23(11-13-24)16-8-9-21-18(14-16)19(25)22-15-4-6-17(27-2)7-5-15/h4-9,14H,3,10-13H2,1-2H3,(H,22,25). The van der Waals surface area contributed by atoms with Crippen LogP contribution in [0.25, 0.3) is 0 Å². The third-order valence-electron chi connectivity index (χ3n) is 4.49. The van der Waals surface area contributed by atoms with E-state index in [4.69, 9.17) is 9.47 Å². The topological polar surface area (TPSA) is 84.0 Å². The van der Waals surface area contributed by atoms with E-state index >= 15 is 0 Å². The molecule has 0 saturated carbocycles. The van der Waals surface area contributed by atoms with Crippen molar-refractivity contribution >= 4 is 23.4 Å². The lowest BCUT2D eigenvalue weighted by atomic mass is 10.2. The Morgan fingerprint density at radius 3 is 2.46 bits per heavy atom. The Labute approximate surface area is 164 Å². The van der Waals surface area contributed by atoms with E-state index in [1.165, 1.54) is 0 Å². The van der Waals surface area contributed by atoms with Crippen LogP contribution in [0.15, 0.2) is 42.6 Å². The minimum atomic E-state index is -0.281. The summed E-state index contributed by atoms with van der Waals surface area (Å²) in [4.78, 5) is 32.3. The number of anilines is 2. The van der Waals surface area contributed by atoms with Crippen molar-refractivity contribution in [2.24, 2.45) is 0 Å². The van der Waals surface area contributed by atoms with Crippen LogP contribution < -0.4 is 15.0 Å². The van der Waals surface area contributed by atoms with Gasteiger partial charge in [-0.3, -0.25) is 9.78 Å². The molecule has 2 heterocycles. The summed E-state index contributed by atoms with van der Waals surface area (Å²) in [6.45, 7) is 4.66. The van der Waals surface area contributed by atoms with Crippen LogP contribution in [0.5, 0.6) is 5.75 Å². The molecule has 1 aliphatic rings. The molecule has 1 saturated heterocycles. The van der Waals surface area contributed by atoms with Crippen molar-refractivity contribution in [1.29, 1.82) is 0 Å². The highest BCUT2D eigenvalue weighted by atomic mass is 16.6. The second-order valence-electron chi connectivity index (χ2n) is 6.25. The van der Waals surface area contributed by atoms with E-state index in [1.807, 2.05) is 6.07 Å². The molecule has 1 fully saturated rings. The number of benzene rings is 1. The SMILES string of the molecule is CCOC(=O)N1CCN(c2ccnc(C(=O)Nc3ccc(OC)cc3)c2)CC1. The number of hydrogen-bond acceptors (Lipinski definition) is 6. The first-order valence-corrected chi connectivity index (χ1v) is 9.19. The molecule has 2 aromatic rings. The summed E-state index contributed by atoms with van der Waals surface area (Å²) in [6.07, 6.45) is 1.34. The quantitative estimate of drug-likeness (QED) is 0.853. The molecule has 0 radical (unpaired) electrons. The highest BCUT2D eigenvalue weighted by Gasteiger charge is 2.22. The van der Waals surface area contributed by atoms with Gasteiger partial charge in [-0.1, -0.05) is 0 Å². The number of carbonyl (C=O) groups excluding carboxylic acids is 2. The zero-order valence-electron chi connectivity index (χ0n) is 16.1. The van der Waals surface area contributed by atoms with Crippen molar-refractivity contribution < 1.29 is 19.1 Å². The fourth-order valence-electron chi connectivity index (χ4n) is 2.97. The van der Waals surface area contributed by atoms with Gasteiger partial charge in [0.25, 0.3) is 5.91 Å². The zero-order valence-corrected chi connectivity index (χ0v) is 16.1. The predicted molar refractivity (Wildman–Crippen MR) is 106 cm³/mol. The average Bonchev–Trinajstić information content (AvgIpc) is 2.74. The Balaban J connectivity index is 1.62. The first kappa shape index (κ1) is 19.5.